The molecule has 1 unspecified atom stereocenters. The number of aromatic nitrogens is 3. The van der Waals surface area contributed by atoms with Gasteiger partial charge in [0.15, 0.2) is 0 Å². The summed E-state index contributed by atoms with van der Waals surface area (Å²) in [5.74, 6) is 0.915. The summed E-state index contributed by atoms with van der Waals surface area (Å²) in [6.07, 6.45) is 0.204. The molecule has 128 valence electrons. The van der Waals surface area contributed by atoms with Crippen LogP contribution in [-0.2, 0) is 11.2 Å². The SMILES string of the molecule is CCc1noc(C)c1C(=O)N1CCOC(c2cc(=O)[nH]c(C)n2)C1. The average molecular weight is 332 g/mol. The standard InChI is InChI=1S/C16H20N4O4/c1-4-11-15(9(2)24-19-11)16(22)20-5-6-23-13(8-20)12-7-14(21)18-10(3)17-12/h7,13H,4-6,8H2,1-3H3,(H,17,18,21). The number of aromatic amines is 1. The molecule has 1 atom stereocenters. The largest absolute Gasteiger partial charge is 0.368 e. The minimum Gasteiger partial charge on any atom is -0.368 e. The molecule has 1 aliphatic rings. The molecule has 3 rings (SSSR count). The fraction of sp³-hybridized carbons (Fsp3) is 0.500. The third kappa shape index (κ3) is 3.09. The van der Waals surface area contributed by atoms with Crippen LogP contribution < -0.4 is 5.56 Å². The second-order valence-electron chi connectivity index (χ2n) is 5.78. The summed E-state index contributed by atoms with van der Waals surface area (Å²) in [5, 5.41) is 3.94. The Labute approximate surface area is 138 Å². The number of rotatable bonds is 3. The van der Waals surface area contributed by atoms with Gasteiger partial charge in [0, 0.05) is 12.6 Å². The molecular formula is C16H20N4O4. The Balaban J connectivity index is 1.84. The molecule has 0 aromatic carbocycles. The normalized spacial score (nSPS) is 18.0. The van der Waals surface area contributed by atoms with E-state index < -0.39 is 6.10 Å². The molecule has 1 amide bonds. The Morgan fingerprint density at radius 1 is 1.46 bits per heavy atom. The van der Waals surface area contributed by atoms with Crippen LogP contribution in [0, 0.1) is 13.8 Å². The first-order chi connectivity index (χ1) is 11.5. The number of H-pyrrole nitrogens is 1. The molecule has 2 aromatic heterocycles. The number of aryl methyl sites for hydroxylation is 3. The zero-order valence-corrected chi connectivity index (χ0v) is 14.0. The van der Waals surface area contributed by atoms with Crippen molar-refractivity contribution >= 4 is 5.91 Å². The van der Waals surface area contributed by atoms with E-state index >= 15 is 0 Å². The Morgan fingerprint density at radius 3 is 2.96 bits per heavy atom. The van der Waals surface area contributed by atoms with Gasteiger partial charge < -0.3 is 19.1 Å². The van der Waals surface area contributed by atoms with Crippen molar-refractivity contribution in [3.8, 4) is 0 Å². The van der Waals surface area contributed by atoms with Gasteiger partial charge in [-0.3, -0.25) is 9.59 Å². The Bertz CT molecular complexity index is 811. The zero-order valence-electron chi connectivity index (χ0n) is 14.0. The minimum atomic E-state index is -0.422. The highest BCUT2D eigenvalue weighted by Gasteiger charge is 2.30. The monoisotopic (exact) mass is 332 g/mol. The molecule has 8 heteroatoms. The number of hydrogen-bond acceptors (Lipinski definition) is 6. The topological polar surface area (TPSA) is 101 Å². The lowest BCUT2D eigenvalue weighted by molar-refractivity contribution is -0.0249. The number of ether oxygens (including phenoxy) is 1. The van der Waals surface area contributed by atoms with Crippen molar-refractivity contribution < 1.29 is 14.1 Å². The molecule has 0 spiro atoms. The lowest BCUT2D eigenvalue weighted by Gasteiger charge is -2.32. The molecular weight excluding hydrogens is 312 g/mol. The fourth-order valence-corrected chi connectivity index (χ4v) is 2.87. The lowest BCUT2D eigenvalue weighted by Crippen LogP contribution is -2.43. The highest BCUT2D eigenvalue weighted by atomic mass is 16.5. The summed E-state index contributed by atoms with van der Waals surface area (Å²) in [5.41, 5.74) is 1.48. The predicted octanol–water partition coefficient (Wildman–Crippen LogP) is 1.15. The molecule has 24 heavy (non-hydrogen) atoms. The van der Waals surface area contributed by atoms with Crippen molar-refractivity contribution in [2.45, 2.75) is 33.3 Å². The fourth-order valence-electron chi connectivity index (χ4n) is 2.87. The molecule has 0 saturated carbocycles. The van der Waals surface area contributed by atoms with E-state index in [2.05, 4.69) is 15.1 Å². The van der Waals surface area contributed by atoms with Gasteiger partial charge in [0.2, 0.25) is 0 Å². The highest BCUT2D eigenvalue weighted by molar-refractivity contribution is 5.96. The van der Waals surface area contributed by atoms with Gasteiger partial charge in [0.25, 0.3) is 11.5 Å². The van der Waals surface area contributed by atoms with Crippen molar-refractivity contribution in [1.29, 1.82) is 0 Å². The number of hydrogen-bond donors (Lipinski definition) is 1. The van der Waals surface area contributed by atoms with Crippen LogP contribution in [0.25, 0.3) is 0 Å². The van der Waals surface area contributed by atoms with E-state index in [1.165, 1.54) is 6.07 Å². The minimum absolute atomic E-state index is 0.125. The summed E-state index contributed by atoms with van der Waals surface area (Å²) in [6.45, 7) is 6.58. The van der Waals surface area contributed by atoms with Gasteiger partial charge in [-0.25, -0.2) is 4.98 Å². The van der Waals surface area contributed by atoms with Crippen molar-refractivity contribution in [2.75, 3.05) is 19.7 Å². The average Bonchev–Trinajstić information content (AvgIpc) is 2.94. The molecule has 3 heterocycles. The van der Waals surface area contributed by atoms with E-state index in [-0.39, 0.29) is 11.5 Å². The van der Waals surface area contributed by atoms with Crippen molar-refractivity contribution in [3.63, 3.8) is 0 Å². The number of nitrogens with zero attached hydrogens (tertiary/aromatic N) is 3. The zero-order chi connectivity index (χ0) is 17.3. The smallest absolute Gasteiger partial charge is 0.259 e. The van der Waals surface area contributed by atoms with E-state index in [9.17, 15) is 9.59 Å². The number of carbonyl (C=O) groups is 1. The lowest BCUT2D eigenvalue weighted by atomic mass is 10.1. The molecule has 2 aromatic rings. The molecule has 0 bridgehead atoms. The number of morpholine rings is 1. The van der Waals surface area contributed by atoms with E-state index in [0.29, 0.717) is 54.7 Å². The summed E-state index contributed by atoms with van der Waals surface area (Å²) in [6, 6.07) is 1.41. The van der Waals surface area contributed by atoms with Crippen LogP contribution in [-0.4, -0.2) is 45.6 Å². The third-order valence-electron chi connectivity index (χ3n) is 4.05. The molecule has 8 nitrogen and oxygen atoms in total. The first-order valence-corrected chi connectivity index (χ1v) is 7.93. The summed E-state index contributed by atoms with van der Waals surface area (Å²) in [7, 11) is 0. The second-order valence-corrected chi connectivity index (χ2v) is 5.78. The summed E-state index contributed by atoms with van der Waals surface area (Å²) in [4.78, 5) is 33.1. The van der Waals surface area contributed by atoms with Crippen LogP contribution in [0.15, 0.2) is 15.4 Å². The molecule has 0 radical (unpaired) electrons. The van der Waals surface area contributed by atoms with Crippen molar-refractivity contribution in [3.05, 3.63) is 45.0 Å². The Hall–Kier alpha value is -2.48. The van der Waals surface area contributed by atoms with Gasteiger partial charge in [-0.2, -0.15) is 0 Å². The van der Waals surface area contributed by atoms with Gasteiger partial charge in [0.1, 0.15) is 23.3 Å². The molecule has 1 fully saturated rings. The van der Waals surface area contributed by atoms with Crippen LogP contribution in [0.5, 0.6) is 0 Å². The van der Waals surface area contributed by atoms with Crippen LogP contribution in [0.4, 0.5) is 0 Å². The quantitative estimate of drug-likeness (QED) is 0.905. The van der Waals surface area contributed by atoms with Crippen LogP contribution in [0.2, 0.25) is 0 Å². The van der Waals surface area contributed by atoms with E-state index in [1.54, 1.807) is 18.7 Å². The van der Waals surface area contributed by atoms with E-state index in [0.717, 1.165) is 0 Å². The number of nitrogens with one attached hydrogen (secondary N) is 1. The Kier molecular flexibility index (Phi) is 4.48. The van der Waals surface area contributed by atoms with Gasteiger partial charge in [0.05, 0.1) is 24.5 Å². The first-order valence-electron chi connectivity index (χ1n) is 7.93. The van der Waals surface area contributed by atoms with Crippen LogP contribution in [0.3, 0.4) is 0 Å². The Morgan fingerprint density at radius 2 is 2.25 bits per heavy atom. The van der Waals surface area contributed by atoms with Crippen LogP contribution >= 0.6 is 0 Å². The molecule has 1 saturated heterocycles. The van der Waals surface area contributed by atoms with Crippen molar-refractivity contribution in [1.82, 2.24) is 20.0 Å². The van der Waals surface area contributed by atoms with E-state index in [1.807, 2.05) is 6.92 Å². The van der Waals surface area contributed by atoms with Gasteiger partial charge in [-0.05, 0) is 20.3 Å². The highest BCUT2D eigenvalue weighted by Crippen LogP contribution is 2.23. The molecule has 1 aliphatic heterocycles. The molecule has 1 N–H and O–H groups in total. The van der Waals surface area contributed by atoms with Crippen molar-refractivity contribution in [2.24, 2.45) is 0 Å². The second kappa shape index (κ2) is 6.56. The number of carbonyl (C=O) groups excluding carboxylic acids is 1. The van der Waals surface area contributed by atoms with Gasteiger partial charge in [-0.15, -0.1) is 0 Å². The van der Waals surface area contributed by atoms with Gasteiger partial charge in [-0.1, -0.05) is 12.1 Å². The maximum absolute atomic E-state index is 12.9. The van der Waals surface area contributed by atoms with Crippen LogP contribution in [0.1, 0.15) is 46.4 Å². The predicted molar refractivity (Wildman–Crippen MR) is 84.8 cm³/mol. The number of amides is 1. The maximum atomic E-state index is 12.9. The van der Waals surface area contributed by atoms with Gasteiger partial charge >= 0.3 is 0 Å². The first kappa shape index (κ1) is 16.4. The summed E-state index contributed by atoms with van der Waals surface area (Å²) < 4.78 is 10.9. The third-order valence-corrected chi connectivity index (χ3v) is 4.05. The molecule has 0 aliphatic carbocycles. The summed E-state index contributed by atoms with van der Waals surface area (Å²) >= 11 is 0. The van der Waals surface area contributed by atoms with E-state index in [4.69, 9.17) is 9.26 Å². The maximum Gasteiger partial charge on any atom is 0.259 e.